The number of alkyl halides is 2. The molecule has 1 aromatic heterocycles. The Balaban J connectivity index is 2.77. The lowest BCUT2D eigenvalue weighted by molar-refractivity contribution is 0.00377. The van der Waals surface area contributed by atoms with E-state index in [4.69, 9.17) is 10.9 Å². The van der Waals surface area contributed by atoms with Crippen LogP contribution in [-0.4, -0.2) is 29.2 Å². The topological polar surface area (TPSA) is 83.2 Å². The molecule has 1 heterocycles. The Morgan fingerprint density at radius 1 is 1.29 bits per heavy atom. The fourth-order valence-corrected chi connectivity index (χ4v) is 0.982. The number of hydrazine groups is 1. The van der Waals surface area contributed by atoms with Gasteiger partial charge in [0, 0.05) is 12.6 Å². The first-order valence-corrected chi connectivity index (χ1v) is 4.48. The minimum atomic E-state index is -2.97. The number of aliphatic hydroxyl groups excluding tert-OH is 1. The summed E-state index contributed by atoms with van der Waals surface area (Å²) >= 11 is 0. The van der Waals surface area contributed by atoms with E-state index in [1.165, 1.54) is 0 Å². The number of nitrogens with two attached hydrogens (primary N) is 1. The molecule has 1 atom stereocenters. The van der Waals surface area contributed by atoms with E-state index >= 15 is 0 Å². The van der Waals surface area contributed by atoms with Crippen LogP contribution in [0.15, 0.2) is 6.07 Å². The highest BCUT2D eigenvalue weighted by molar-refractivity contribution is 5.46. The predicted octanol–water partition coefficient (Wildman–Crippen LogP) is 0.683. The summed E-state index contributed by atoms with van der Waals surface area (Å²) in [5.74, 6) is 1.87. The lowest BCUT2D eigenvalue weighted by atomic mass is 10.3. The largest absolute Gasteiger partial charge is 0.385 e. The highest BCUT2D eigenvalue weighted by atomic mass is 19.3. The van der Waals surface area contributed by atoms with Crippen molar-refractivity contribution in [3.63, 3.8) is 0 Å². The van der Waals surface area contributed by atoms with Crippen LogP contribution in [0.5, 0.6) is 0 Å². The lowest BCUT2D eigenvalue weighted by Crippen LogP contribution is -2.27. The van der Waals surface area contributed by atoms with E-state index in [1.54, 1.807) is 0 Å². The van der Waals surface area contributed by atoms with E-state index in [9.17, 15) is 17.6 Å². The van der Waals surface area contributed by atoms with E-state index < -0.39 is 42.3 Å². The smallest absolute Gasteiger partial charge is 0.265 e. The van der Waals surface area contributed by atoms with Gasteiger partial charge in [0.15, 0.2) is 23.3 Å². The molecule has 1 unspecified atom stereocenters. The number of aromatic nitrogens is 1. The average molecular weight is 254 g/mol. The Hall–Kier alpha value is -1.61. The van der Waals surface area contributed by atoms with Crippen molar-refractivity contribution >= 4 is 11.6 Å². The number of hydrogen-bond donors (Lipinski definition) is 4. The van der Waals surface area contributed by atoms with Crippen LogP contribution in [0.4, 0.5) is 29.2 Å². The number of nitrogens with zero attached hydrogens (tertiary/aromatic N) is 1. The number of aliphatic hydroxyl groups is 1. The summed E-state index contributed by atoms with van der Waals surface area (Å²) < 4.78 is 49.9. The molecule has 17 heavy (non-hydrogen) atoms. The molecule has 0 radical (unpaired) electrons. The first kappa shape index (κ1) is 13.5. The van der Waals surface area contributed by atoms with Gasteiger partial charge in [0.05, 0.1) is 0 Å². The highest BCUT2D eigenvalue weighted by Crippen LogP contribution is 2.18. The minimum Gasteiger partial charge on any atom is -0.385 e. The zero-order valence-electron chi connectivity index (χ0n) is 8.42. The van der Waals surface area contributed by atoms with Crippen molar-refractivity contribution in [3.8, 4) is 0 Å². The van der Waals surface area contributed by atoms with Crippen LogP contribution in [-0.2, 0) is 0 Å². The molecule has 1 aromatic rings. The molecule has 0 aromatic carbocycles. The molecular weight excluding hydrogens is 244 g/mol. The van der Waals surface area contributed by atoms with Gasteiger partial charge in [-0.15, -0.1) is 0 Å². The second kappa shape index (κ2) is 5.64. The highest BCUT2D eigenvalue weighted by Gasteiger charge is 2.18. The Kier molecular flexibility index (Phi) is 4.46. The van der Waals surface area contributed by atoms with Crippen molar-refractivity contribution in [1.82, 2.24) is 4.98 Å². The molecule has 9 heteroatoms. The maximum Gasteiger partial charge on any atom is 0.265 e. The number of nitrogens with one attached hydrogen (secondary N) is 2. The van der Waals surface area contributed by atoms with Crippen LogP contribution >= 0.6 is 0 Å². The third-order valence-electron chi connectivity index (χ3n) is 1.84. The van der Waals surface area contributed by atoms with Gasteiger partial charge in [0.25, 0.3) is 6.43 Å². The molecule has 0 aliphatic heterocycles. The summed E-state index contributed by atoms with van der Waals surface area (Å²) in [4.78, 5) is 3.37. The molecule has 0 fully saturated rings. The van der Waals surface area contributed by atoms with Crippen LogP contribution in [0.2, 0.25) is 0 Å². The molecule has 1 rings (SSSR count). The van der Waals surface area contributed by atoms with Gasteiger partial charge in [0.1, 0.15) is 6.10 Å². The Morgan fingerprint density at radius 3 is 2.41 bits per heavy atom. The molecular formula is C8H10F4N4O. The summed E-state index contributed by atoms with van der Waals surface area (Å²) in [6, 6.07) is 0.485. The van der Waals surface area contributed by atoms with Gasteiger partial charge in [-0.2, -0.15) is 0 Å². The lowest BCUT2D eigenvalue weighted by Gasteiger charge is -2.12. The standard InChI is InChI=1S/C8H10F4N4O/c9-3-1-4(10)8(16-13)15-7(3)14-2-5(17)6(11)12/h1,5-6,17H,2,13H2,(H2,14,15,16). The summed E-state index contributed by atoms with van der Waals surface area (Å²) in [5.41, 5.74) is 1.87. The van der Waals surface area contributed by atoms with Crippen molar-refractivity contribution < 1.29 is 22.7 Å². The number of nitrogen functional groups attached to an aromatic ring is 1. The third kappa shape index (κ3) is 3.43. The monoisotopic (exact) mass is 254 g/mol. The summed E-state index contributed by atoms with van der Waals surface area (Å²) in [5, 5.41) is 10.9. The van der Waals surface area contributed by atoms with Crippen molar-refractivity contribution in [2.24, 2.45) is 5.84 Å². The fraction of sp³-hybridized carbons (Fsp3) is 0.375. The maximum absolute atomic E-state index is 13.1. The Labute approximate surface area is 93.6 Å². The number of anilines is 2. The van der Waals surface area contributed by atoms with Gasteiger partial charge >= 0.3 is 0 Å². The molecule has 0 saturated carbocycles. The van der Waals surface area contributed by atoms with E-state index in [2.05, 4.69) is 10.3 Å². The van der Waals surface area contributed by atoms with E-state index in [1.807, 2.05) is 5.43 Å². The summed E-state index contributed by atoms with van der Waals surface area (Å²) in [6.45, 7) is -0.628. The van der Waals surface area contributed by atoms with Gasteiger partial charge in [-0.3, -0.25) is 0 Å². The van der Waals surface area contributed by atoms with Crippen molar-refractivity contribution in [2.45, 2.75) is 12.5 Å². The molecule has 0 aliphatic rings. The van der Waals surface area contributed by atoms with E-state index in [0.717, 1.165) is 0 Å². The number of rotatable bonds is 5. The van der Waals surface area contributed by atoms with Crippen molar-refractivity contribution in [2.75, 3.05) is 17.3 Å². The van der Waals surface area contributed by atoms with Gasteiger partial charge < -0.3 is 15.8 Å². The first-order chi connectivity index (χ1) is 7.95. The number of pyridine rings is 1. The number of hydrogen-bond acceptors (Lipinski definition) is 5. The molecule has 0 spiro atoms. The van der Waals surface area contributed by atoms with Gasteiger partial charge in [-0.25, -0.2) is 28.4 Å². The second-order valence-corrected chi connectivity index (χ2v) is 3.08. The summed E-state index contributed by atoms with van der Waals surface area (Å²) in [7, 11) is 0. The van der Waals surface area contributed by atoms with Crippen LogP contribution in [0, 0.1) is 11.6 Å². The molecule has 0 aliphatic carbocycles. The van der Waals surface area contributed by atoms with Gasteiger partial charge in [0.2, 0.25) is 0 Å². The quantitative estimate of drug-likeness (QED) is 0.353. The van der Waals surface area contributed by atoms with E-state index in [-0.39, 0.29) is 0 Å². The molecule has 5 nitrogen and oxygen atoms in total. The fourth-order valence-electron chi connectivity index (χ4n) is 0.982. The van der Waals surface area contributed by atoms with Crippen LogP contribution in [0.25, 0.3) is 0 Å². The van der Waals surface area contributed by atoms with Crippen LogP contribution in [0.1, 0.15) is 0 Å². The predicted molar refractivity (Wildman–Crippen MR) is 52.5 cm³/mol. The second-order valence-electron chi connectivity index (χ2n) is 3.08. The van der Waals surface area contributed by atoms with Crippen LogP contribution in [0.3, 0.4) is 0 Å². The molecule has 0 bridgehead atoms. The molecule has 0 amide bonds. The molecule has 0 saturated heterocycles. The minimum absolute atomic E-state index is 0.444. The maximum atomic E-state index is 13.1. The first-order valence-electron chi connectivity index (χ1n) is 4.48. The van der Waals surface area contributed by atoms with Crippen molar-refractivity contribution in [1.29, 1.82) is 0 Å². The van der Waals surface area contributed by atoms with E-state index in [0.29, 0.717) is 6.07 Å². The molecule has 96 valence electrons. The number of halogens is 4. The normalized spacial score (nSPS) is 12.6. The molecule has 5 N–H and O–H groups in total. The average Bonchev–Trinajstić information content (AvgIpc) is 2.27. The zero-order chi connectivity index (χ0) is 13.0. The third-order valence-corrected chi connectivity index (χ3v) is 1.84. The van der Waals surface area contributed by atoms with Gasteiger partial charge in [-0.05, 0) is 0 Å². The SMILES string of the molecule is NNc1nc(NCC(O)C(F)F)c(F)cc1F. The summed E-state index contributed by atoms with van der Waals surface area (Å²) in [6.07, 6.45) is -4.95. The Morgan fingerprint density at radius 2 is 1.88 bits per heavy atom. The van der Waals surface area contributed by atoms with Crippen LogP contribution < -0.4 is 16.6 Å². The zero-order valence-corrected chi connectivity index (χ0v) is 8.42. The Bertz CT molecular complexity index is 390. The van der Waals surface area contributed by atoms with Crippen molar-refractivity contribution in [3.05, 3.63) is 17.7 Å². The van der Waals surface area contributed by atoms with Gasteiger partial charge in [-0.1, -0.05) is 0 Å².